The summed E-state index contributed by atoms with van der Waals surface area (Å²) in [6, 6.07) is 8.71. The van der Waals surface area contributed by atoms with Crippen LogP contribution in [0.3, 0.4) is 0 Å². The molecule has 107 valence electrons. The van der Waals surface area contributed by atoms with Crippen LogP contribution in [-0.4, -0.2) is 11.6 Å². The molecule has 0 unspecified atom stereocenters. The van der Waals surface area contributed by atoms with Gasteiger partial charge in [-0.1, -0.05) is 18.2 Å². The zero-order chi connectivity index (χ0) is 12.7. The van der Waals surface area contributed by atoms with Crippen LogP contribution < -0.4 is 0 Å². The Morgan fingerprint density at radius 3 is 1.95 bits per heavy atom. The summed E-state index contributed by atoms with van der Waals surface area (Å²) in [7, 11) is 0. The summed E-state index contributed by atoms with van der Waals surface area (Å²) in [6.45, 7) is 7.39. The average Bonchev–Trinajstić information content (AvgIpc) is 2.70. The molecule has 0 aromatic heterocycles. The predicted octanol–water partition coefficient (Wildman–Crippen LogP) is 4.98. The average molecular weight is 356 g/mol. The molecule has 0 spiro atoms. The van der Waals surface area contributed by atoms with Crippen LogP contribution in [0.15, 0.2) is 52.8 Å². The van der Waals surface area contributed by atoms with Crippen LogP contribution in [0, 0.1) is 0 Å². The third kappa shape index (κ3) is 11.4. The van der Waals surface area contributed by atoms with E-state index < -0.39 is 6.45 Å². The topological polar surface area (TPSA) is 20.2 Å². The van der Waals surface area contributed by atoms with Crippen LogP contribution in [0.25, 0.3) is 0 Å². The first-order chi connectivity index (χ1) is 7.97. The largest absolute Gasteiger partial charge is 0.508 e. The molecule has 0 atom stereocenters. The minimum Gasteiger partial charge on any atom is -0.508 e. The molecule has 0 radical (unpaired) electrons. The van der Waals surface area contributed by atoms with E-state index in [0.29, 0.717) is 21.4 Å². The molecule has 1 N–H and O–H groups in total. The van der Waals surface area contributed by atoms with Crippen molar-refractivity contribution >= 4 is 31.3 Å². The van der Waals surface area contributed by atoms with Crippen molar-refractivity contribution in [1.29, 1.82) is 0 Å². The van der Waals surface area contributed by atoms with Crippen molar-refractivity contribution in [2.75, 3.05) is 0 Å². The van der Waals surface area contributed by atoms with Crippen LogP contribution in [0.2, 0.25) is 19.6 Å². The van der Waals surface area contributed by atoms with Gasteiger partial charge in [0.1, 0.15) is 5.75 Å². The fourth-order valence-corrected chi connectivity index (χ4v) is 7.52. The van der Waals surface area contributed by atoms with Gasteiger partial charge in [-0.3, -0.25) is 0 Å². The second kappa shape index (κ2) is 10.6. The molecule has 0 amide bonds. The number of aromatic hydroxyl groups is 1. The molecule has 2 rings (SSSR count). The van der Waals surface area contributed by atoms with Gasteiger partial charge in [0.25, 0.3) is 0 Å². The molecule has 0 saturated heterocycles. The molecule has 0 fully saturated rings. The monoisotopic (exact) mass is 355 g/mol. The standard InChI is InChI=1S/C6H6O.C5H5.C3H9Si.2ClH.V/c7-6-4-2-1-3-5-6;1-2-4-5-3-1;1-4(2)3;;;/h1-5,7H;1-3H,4H2;1-3H3;2*1H;. The van der Waals surface area contributed by atoms with Crippen molar-refractivity contribution in [3.05, 3.63) is 52.8 Å². The number of para-hydroxylation sites is 1. The number of allylic oxidation sites excluding steroid dienone is 4. The van der Waals surface area contributed by atoms with E-state index in [-0.39, 0.29) is 24.8 Å². The van der Waals surface area contributed by atoms with E-state index in [4.69, 9.17) is 5.11 Å². The van der Waals surface area contributed by atoms with Gasteiger partial charge in [-0.15, -0.1) is 24.8 Å². The van der Waals surface area contributed by atoms with Gasteiger partial charge in [-0.25, -0.2) is 0 Å². The molecule has 1 aliphatic carbocycles. The maximum Gasteiger partial charge on any atom is 0.115 e. The van der Waals surface area contributed by atoms with Gasteiger partial charge >= 0.3 is 70.6 Å². The van der Waals surface area contributed by atoms with E-state index in [9.17, 15) is 0 Å². The van der Waals surface area contributed by atoms with Gasteiger partial charge < -0.3 is 5.11 Å². The fourth-order valence-electron chi connectivity index (χ4n) is 1.38. The van der Waals surface area contributed by atoms with Gasteiger partial charge in [-0.2, -0.15) is 0 Å². The molecule has 1 aromatic rings. The van der Waals surface area contributed by atoms with Gasteiger partial charge in [0.05, 0.1) is 0 Å². The quantitative estimate of drug-likeness (QED) is 0.741. The van der Waals surface area contributed by atoms with Crippen LogP contribution in [0.1, 0.15) is 6.42 Å². The van der Waals surface area contributed by atoms with Crippen LogP contribution in [0.5, 0.6) is 5.75 Å². The Bertz CT molecular complexity index is 400. The van der Waals surface area contributed by atoms with E-state index >= 15 is 0 Å². The fraction of sp³-hybridized carbons (Fsp3) is 0.286. The molecule has 1 aliphatic rings. The number of benzene rings is 1. The maximum atomic E-state index is 8.63. The molecule has 0 heterocycles. The van der Waals surface area contributed by atoms with Crippen molar-refractivity contribution in [2.45, 2.75) is 26.1 Å². The van der Waals surface area contributed by atoms with Crippen molar-refractivity contribution in [3.8, 4) is 5.75 Å². The minimum atomic E-state index is -0.737. The Kier molecular flexibility index (Phi) is 11.9. The van der Waals surface area contributed by atoms with E-state index in [1.165, 1.54) is 6.42 Å². The zero-order valence-corrected chi connectivity index (χ0v) is 15.6. The molecular formula is C14H22Cl2OSiV. The number of hydrogen-bond acceptors (Lipinski definition) is 1. The van der Waals surface area contributed by atoms with Crippen LogP contribution in [0.4, 0.5) is 0 Å². The summed E-state index contributed by atoms with van der Waals surface area (Å²) >= 11 is 0.557. The number of hydrogen-bond donors (Lipinski definition) is 1. The number of rotatable bonds is 2. The number of phenolic OH excluding ortho intramolecular Hbond substituents is 1. The van der Waals surface area contributed by atoms with E-state index in [0.717, 1.165) is 0 Å². The Morgan fingerprint density at radius 1 is 1.05 bits per heavy atom. The molecular weight excluding hydrogens is 334 g/mol. The molecule has 0 saturated carbocycles. The predicted molar refractivity (Wildman–Crippen MR) is 87.8 cm³/mol. The first kappa shape index (κ1) is 21.2. The maximum absolute atomic E-state index is 8.63. The number of phenols is 1. The van der Waals surface area contributed by atoms with E-state index in [2.05, 4.69) is 37.9 Å². The molecule has 0 aliphatic heterocycles. The summed E-state index contributed by atoms with van der Waals surface area (Å²) in [5.74, 6) is 0.322. The SMILES string of the molecule is C[Si](C)(C)[V][C]1=CC=CC1.Cl.Cl.Oc1ccccc1. The van der Waals surface area contributed by atoms with E-state index in [1.54, 1.807) is 28.6 Å². The van der Waals surface area contributed by atoms with Crippen molar-refractivity contribution in [3.63, 3.8) is 0 Å². The summed E-state index contributed by atoms with van der Waals surface area (Å²) in [4.78, 5) is 0. The number of halogens is 2. The second-order valence-electron chi connectivity index (χ2n) is 4.91. The smallest absolute Gasteiger partial charge is 0.115 e. The Labute approximate surface area is 136 Å². The summed E-state index contributed by atoms with van der Waals surface area (Å²) < 4.78 is 1.73. The van der Waals surface area contributed by atoms with Crippen LogP contribution >= 0.6 is 24.8 Å². The van der Waals surface area contributed by atoms with Gasteiger partial charge in [-0.05, 0) is 12.1 Å². The second-order valence-corrected chi connectivity index (χ2v) is 17.7. The normalized spacial score (nSPS) is 12.3. The third-order valence-electron chi connectivity index (χ3n) is 1.99. The molecule has 1 nitrogen and oxygen atoms in total. The summed E-state index contributed by atoms with van der Waals surface area (Å²) in [5.41, 5.74) is 0. The third-order valence-corrected chi connectivity index (χ3v) is 7.95. The zero-order valence-electron chi connectivity index (χ0n) is 11.5. The molecule has 1 aromatic carbocycles. The summed E-state index contributed by atoms with van der Waals surface area (Å²) in [6.07, 6.45) is 7.30. The minimum absolute atomic E-state index is 0. The Morgan fingerprint density at radius 2 is 1.63 bits per heavy atom. The van der Waals surface area contributed by atoms with E-state index in [1.807, 2.05) is 6.07 Å². The Balaban J connectivity index is 0. The first-order valence-electron chi connectivity index (χ1n) is 5.80. The van der Waals surface area contributed by atoms with Crippen LogP contribution in [-0.2, 0) is 15.6 Å². The van der Waals surface area contributed by atoms with Crippen molar-refractivity contribution < 1.29 is 20.7 Å². The molecule has 5 heteroatoms. The van der Waals surface area contributed by atoms with Gasteiger partial charge in [0.2, 0.25) is 0 Å². The first-order valence-corrected chi connectivity index (χ1v) is 12.0. The molecule has 19 heavy (non-hydrogen) atoms. The summed E-state index contributed by atoms with van der Waals surface area (Å²) in [5, 5.41) is 8.63. The van der Waals surface area contributed by atoms with Gasteiger partial charge in [0, 0.05) is 0 Å². The Hall–Kier alpha value is -0.119. The molecule has 0 bridgehead atoms. The van der Waals surface area contributed by atoms with Crippen molar-refractivity contribution in [1.82, 2.24) is 0 Å². The van der Waals surface area contributed by atoms with Crippen molar-refractivity contribution in [2.24, 2.45) is 0 Å². The van der Waals surface area contributed by atoms with Gasteiger partial charge in [0.15, 0.2) is 0 Å².